The molecule has 0 radical (unpaired) electrons. The molecule has 0 N–H and O–H groups in total. The van der Waals surface area contributed by atoms with E-state index in [0.717, 1.165) is 59.6 Å². The van der Waals surface area contributed by atoms with E-state index in [1.165, 1.54) is 0 Å². The molecule has 7 nitrogen and oxygen atoms in total. The highest BCUT2D eigenvalue weighted by Gasteiger charge is 2.47. The van der Waals surface area contributed by atoms with Gasteiger partial charge in [-0.05, 0) is 57.6 Å². The molecule has 0 atom stereocenters. The number of rotatable bonds is 5. The zero-order valence-electron chi connectivity index (χ0n) is 15.9. The summed E-state index contributed by atoms with van der Waals surface area (Å²) in [5.74, 6) is -2.17. The Morgan fingerprint density at radius 3 is 2.39 bits per heavy atom. The van der Waals surface area contributed by atoms with Gasteiger partial charge in [-0.25, -0.2) is 14.6 Å². The van der Waals surface area contributed by atoms with Crippen LogP contribution in [0.3, 0.4) is 0 Å². The van der Waals surface area contributed by atoms with E-state index < -0.39 is 24.4 Å². The lowest BCUT2D eigenvalue weighted by Crippen LogP contribution is -2.44. The third-order valence-corrected chi connectivity index (χ3v) is 5.40. The lowest BCUT2D eigenvalue weighted by molar-refractivity contribution is -0.142. The van der Waals surface area contributed by atoms with Crippen LogP contribution in [0.25, 0.3) is 0 Å². The topological polar surface area (TPSA) is 78.0 Å². The molecule has 1 saturated carbocycles. The molecule has 1 aliphatic heterocycles. The van der Waals surface area contributed by atoms with E-state index in [-0.39, 0.29) is 11.9 Å². The van der Waals surface area contributed by atoms with E-state index in [1.807, 2.05) is 6.92 Å². The van der Waals surface area contributed by atoms with Crippen LogP contribution in [0.2, 0.25) is 0 Å². The number of aryl methyl sites for hydroxylation is 1. The summed E-state index contributed by atoms with van der Waals surface area (Å²) < 4.78 is 0. The van der Waals surface area contributed by atoms with Gasteiger partial charge in [0.1, 0.15) is 6.54 Å². The third kappa shape index (κ3) is 3.32. The monoisotopic (exact) mass is 381 g/mol. The molecule has 0 unspecified atom stereocenters. The van der Waals surface area contributed by atoms with Crippen molar-refractivity contribution in [3.8, 4) is 0 Å². The highest BCUT2D eigenvalue weighted by atomic mass is 16.2. The van der Waals surface area contributed by atoms with E-state index in [2.05, 4.69) is 6.08 Å². The molecule has 2 aliphatic carbocycles. The van der Waals surface area contributed by atoms with Crippen molar-refractivity contribution < 1.29 is 19.2 Å². The fourth-order valence-corrected chi connectivity index (χ4v) is 3.75. The van der Waals surface area contributed by atoms with Gasteiger partial charge in [0.2, 0.25) is 5.91 Å². The Hall–Kier alpha value is -2.96. The van der Waals surface area contributed by atoms with Crippen LogP contribution in [0.15, 0.2) is 36.0 Å². The number of hydrogen-bond donors (Lipinski definition) is 0. The van der Waals surface area contributed by atoms with Crippen LogP contribution in [0.5, 0.6) is 0 Å². The Labute approximate surface area is 163 Å². The van der Waals surface area contributed by atoms with Crippen LogP contribution in [-0.4, -0.2) is 46.1 Å². The molecule has 0 spiro atoms. The first-order chi connectivity index (χ1) is 13.5. The van der Waals surface area contributed by atoms with Gasteiger partial charge in [-0.3, -0.25) is 14.4 Å². The first kappa shape index (κ1) is 18.4. The molecule has 5 amide bonds. The highest BCUT2D eigenvalue weighted by molar-refractivity contribution is 6.53. The predicted molar refractivity (Wildman–Crippen MR) is 102 cm³/mol. The van der Waals surface area contributed by atoms with E-state index >= 15 is 0 Å². The number of anilines is 1. The van der Waals surface area contributed by atoms with Crippen molar-refractivity contribution >= 4 is 29.4 Å². The molecule has 146 valence electrons. The summed E-state index contributed by atoms with van der Waals surface area (Å²) in [7, 11) is 0. The molecule has 2 fully saturated rings. The maximum Gasteiger partial charge on any atom is 0.339 e. The quantitative estimate of drug-likeness (QED) is 0.580. The molecule has 1 heterocycles. The van der Waals surface area contributed by atoms with Crippen molar-refractivity contribution in [3.05, 3.63) is 41.6 Å². The van der Waals surface area contributed by atoms with Crippen molar-refractivity contribution in [3.63, 3.8) is 0 Å². The van der Waals surface area contributed by atoms with E-state index in [9.17, 15) is 19.2 Å². The van der Waals surface area contributed by atoms with Crippen molar-refractivity contribution in [2.75, 3.05) is 11.4 Å². The van der Waals surface area contributed by atoms with Crippen LogP contribution in [0, 0.1) is 6.92 Å². The number of hydrogen-bond acceptors (Lipinski definition) is 4. The molecule has 1 aromatic rings. The van der Waals surface area contributed by atoms with Crippen molar-refractivity contribution in [1.82, 2.24) is 9.80 Å². The summed E-state index contributed by atoms with van der Waals surface area (Å²) >= 11 is 0. The first-order valence-corrected chi connectivity index (χ1v) is 9.75. The van der Waals surface area contributed by atoms with E-state index in [0.29, 0.717) is 5.69 Å². The van der Waals surface area contributed by atoms with Crippen molar-refractivity contribution in [1.29, 1.82) is 0 Å². The summed E-state index contributed by atoms with van der Waals surface area (Å²) in [4.78, 5) is 53.9. The Morgan fingerprint density at radius 2 is 1.79 bits per heavy atom. The molecule has 3 aliphatic rings. The normalized spacial score (nSPS) is 19.9. The molecule has 1 aromatic carbocycles. The van der Waals surface area contributed by atoms with Gasteiger partial charge in [-0.1, -0.05) is 23.8 Å². The summed E-state index contributed by atoms with van der Waals surface area (Å²) in [5.41, 5.74) is 2.29. The maximum absolute atomic E-state index is 13.0. The molecule has 28 heavy (non-hydrogen) atoms. The van der Waals surface area contributed by atoms with Gasteiger partial charge in [0.05, 0.1) is 5.69 Å². The third-order valence-electron chi connectivity index (χ3n) is 5.40. The number of urea groups is 1. The Bertz CT molecular complexity index is 870. The molecule has 4 rings (SSSR count). The molecular weight excluding hydrogens is 358 g/mol. The lowest BCUT2D eigenvalue weighted by Gasteiger charge is -2.29. The van der Waals surface area contributed by atoms with Crippen LogP contribution in [0.1, 0.15) is 44.1 Å². The Balaban J connectivity index is 1.53. The van der Waals surface area contributed by atoms with Gasteiger partial charge in [0.25, 0.3) is 0 Å². The van der Waals surface area contributed by atoms with Crippen LogP contribution >= 0.6 is 0 Å². The minimum absolute atomic E-state index is 0.147. The molecule has 0 aromatic heterocycles. The average Bonchev–Trinajstić information content (AvgIpc) is 3.50. The number of nitrogens with zero attached hydrogens (tertiary/aromatic N) is 3. The van der Waals surface area contributed by atoms with Gasteiger partial charge in [-0.15, -0.1) is 0 Å². The summed E-state index contributed by atoms with van der Waals surface area (Å²) in [6, 6.07) is 6.14. The second-order valence-electron chi connectivity index (χ2n) is 7.59. The fraction of sp³-hybridized carbons (Fsp3) is 0.429. The van der Waals surface area contributed by atoms with E-state index in [4.69, 9.17) is 0 Å². The number of imide groups is 2. The standard InChI is InChI=1S/C21H23N3O4/c1-14-7-9-17(10-8-14)24-20(27)19(26)22(21(24)28)13-18(25)23(16-11-12-16)15-5-3-2-4-6-15/h5,7-10,16H,2-4,6,11-13H2,1H3. The van der Waals surface area contributed by atoms with Gasteiger partial charge in [-0.2, -0.15) is 0 Å². The largest absolute Gasteiger partial charge is 0.339 e. The molecule has 0 bridgehead atoms. The van der Waals surface area contributed by atoms with Crippen LogP contribution in [0.4, 0.5) is 10.5 Å². The second kappa shape index (κ2) is 7.22. The van der Waals surface area contributed by atoms with Gasteiger partial charge < -0.3 is 4.90 Å². The highest BCUT2D eigenvalue weighted by Crippen LogP contribution is 2.34. The molecule has 1 saturated heterocycles. The zero-order chi connectivity index (χ0) is 19.8. The first-order valence-electron chi connectivity index (χ1n) is 9.75. The Kier molecular flexibility index (Phi) is 4.75. The van der Waals surface area contributed by atoms with Gasteiger partial charge in [0, 0.05) is 11.7 Å². The lowest BCUT2D eigenvalue weighted by atomic mass is 10.0. The number of benzene rings is 1. The van der Waals surface area contributed by atoms with Gasteiger partial charge in [0.15, 0.2) is 0 Å². The number of allylic oxidation sites excluding steroid dienone is 2. The average molecular weight is 381 g/mol. The van der Waals surface area contributed by atoms with Crippen molar-refractivity contribution in [2.45, 2.75) is 51.5 Å². The predicted octanol–water partition coefficient (Wildman–Crippen LogP) is 2.74. The van der Waals surface area contributed by atoms with Crippen LogP contribution < -0.4 is 4.90 Å². The smallest absolute Gasteiger partial charge is 0.312 e. The van der Waals surface area contributed by atoms with Crippen LogP contribution in [-0.2, 0) is 14.4 Å². The minimum atomic E-state index is -0.952. The number of carbonyl (C=O) groups excluding carboxylic acids is 4. The Morgan fingerprint density at radius 1 is 1.07 bits per heavy atom. The SMILES string of the molecule is Cc1ccc(N2C(=O)C(=O)N(CC(=O)N(C3=CCCCC3)C3CC3)C2=O)cc1. The second-order valence-corrected chi connectivity index (χ2v) is 7.59. The summed E-state index contributed by atoms with van der Waals surface area (Å²) in [6.45, 7) is 1.49. The van der Waals surface area contributed by atoms with Gasteiger partial charge >= 0.3 is 17.8 Å². The fourth-order valence-electron chi connectivity index (χ4n) is 3.75. The maximum atomic E-state index is 13.0. The molecular formula is C21H23N3O4. The number of amides is 5. The zero-order valence-corrected chi connectivity index (χ0v) is 15.9. The summed E-state index contributed by atoms with van der Waals surface area (Å²) in [6.07, 6.45) is 7.85. The summed E-state index contributed by atoms with van der Waals surface area (Å²) in [5, 5.41) is 0. The molecule has 7 heteroatoms. The van der Waals surface area contributed by atoms with E-state index in [1.54, 1.807) is 29.2 Å². The number of carbonyl (C=O) groups is 4. The van der Waals surface area contributed by atoms with Crippen molar-refractivity contribution in [2.24, 2.45) is 0 Å². The minimum Gasteiger partial charge on any atom is -0.312 e.